The molecule has 0 aliphatic heterocycles. The lowest BCUT2D eigenvalue weighted by Gasteiger charge is -2.18. The molecule has 0 rings (SSSR count). The number of hydrogen-bond donors (Lipinski definition) is 3. The Morgan fingerprint density at radius 2 is 0.682 bits per heavy atom. The first-order valence-corrected chi connectivity index (χ1v) is 26.8. The molecule has 0 aliphatic rings. The Labute approximate surface area is 403 Å². The zero-order chi connectivity index (χ0) is 48.4. The van der Waals surface area contributed by atoms with Crippen LogP contribution in [0.3, 0.4) is 0 Å². The first-order valence-electron chi connectivity index (χ1n) is 26.8. The summed E-state index contributed by atoms with van der Waals surface area (Å²) < 4.78 is 16.7. The lowest BCUT2D eigenvalue weighted by Crippen LogP contribution is -2.30. The maximum absolute atomic E-state index is 12.8. The predicted octanol–water partition coefficient (Wildman–Crippen LogP) is 14.3. The normalized spacial score (nSPS) is 14.1. The summed E-state index contributed by atoms with van der Waals surface area (Å²) in [5.41, 5.74) is 0. The molecule has 9 heteroatoms. The van der Waals surface area contributed by atoms with Crippen LogP contribution in [0.1, 0.15) is 233 Å². The summed E-state index contributed by atoms with van der Waals surface area (Å²) in [5.74, 6) is -1.10. The standard InChI is InChI=1S/C57H98O9/c1-4-7-10-11-18-24-33-44-53(60)45-36-27-23-30-38-47-56(62)65-50-54(66-57(63)48-39-29-22-17-13-15-20-26-35-43-52(59)41-32-9-6-3)49-64-55(61)46-37-28-21-16-12-14-19-25-34-42-51(58)40-31-8-5-2/h18-20,24-26,33-35,42-44,51-54,58-60H,4-17,21-23,27-32,36-41,45-50H2,1-3H3/b24-18-,25-19-,26-20-,42-34+,43-35+,44-33+/t51-,52+,53+,54-/m1/s1. The SMILES string of the molecule is CCCCC/C=C\C=C\[C@H](O)CCCCCCCC(=O)OC[C@@H](COC(=O)CCCCCCC/C=C\C=C\[C@H](O)CCCCC)OC(=O)CCCCCCC/C=C\C=C\[C@@H](O)CCCCC. The maximum atomic E-state index is 12.8. The molecule has 0 aromatic heterocycles. The average molecular weight is 927 g/mol. The number of carbonyl (C=O) groups is 3. The lowest BCUT2D eigenvalue weighted by atomic mass is 10.1. The van der Waals surface area contributed by atoms with Crippen molar-refractivity contribution in [3.05, 3.63) is 72.9 Å². The maximum Gasteiger partial charge on any atom is 0.306 e. The molecule has 0 aliphatic carbocycles. The molecule has 3 N–H and O–H groups in total. The molecule has 0 unspecified atom stereocenters. The van der Waals surface area contributed by atoms with E-state index in [2.05, 4.69) is 39.0 Å². The number of carbonyl (C=O) groups excluding carboxylic acids is 3. The summed E-state index contributed by atoms with van der Waals surface area (Å²) in [6.07, 6.45) is 52.3. The summed E-state index contributed by atoms with van der Waals surface area (Å²) in [4.78, 5) is 38.0. The molecule has 0 saturated heterocycles. The van der Waals surface area contributed by atoms with Crippen LogP contribution in [-0.2, 0) is 28.6 Å². The number of rotatable bonds is 47. The van der Waals surface area contributed by atoms with Crippen molar-refractivity contribution in [1.29, 1.82) is 0 Å². The van der Waals surface area contributed by atoms with Crippen molar-refractivity contribution in [3.8, 4) is 0 Å². The van der Waals surface area contributed by atoms with E-state index in [1.807, 2.05) is 54.7 Å². The van der Waals surface area contributed by atoms with Gasteiger partial charge in [-0.2, -0.15) is 0 Å². The van der Waals surface area contributed by atoms with Crippen LogP contribution in [0.25, 0.3) is 0 Å². The van der Waals surface area contributed by atoms with E-state index in [1.165, 1.54) is 19.3 Å². The van der Waals surface area contributed by atoms with Gasteiger partial charge < -0.3 is 29.5 Å². The fourth-order valence-electron chi connectivity index (χ4n) is 7.26. The van der Waals surface area contributed by atoms with Crippen molar-refractivity contribution in [2.45, 2.75) is 257 Å². The van der Waals surface area contributed by atoms with Crippen molar-refractivity contribution in [2.75, 3.05) is 13.2 Å². The van der Waals surface area contributed by atoms with Gasteiger partial charge in [-0.3, -0.25) is 14.4 Å². The molecular weight excluding hydrogens is 829 g/mol. The molecule has 0 radical (unpaired) electrons. The number of ether oxygens (including phenoxy) is 3. The Morgan fingerprint density at radius 1 is 0.379 bits per heavy atom. The third-order valence-corrected chi connectivity index (χ3v) is 11.5. The smallest absolute Gasteiger partial charge is 0.306 e. The molecule has 9 nitrogen and oxygen atoms in total. The highest BCUT2D eigenvalue weighted by Gasteiger charge is 2.19. The van der Waals surface area contributed by atoms with E-state index in [4.69, 9.17) is 14.2 Å². The van der Waals surface area contributed by atoms with Gasteiger partial charge in [0.15, 0.2) is 6.10 Å². The van der Waals surface area contributed by atoms with Gasteiger partial charge in [0.25, 0.3) is 0 Å². The van der Waals surface area contributed by atoms with Gasteiger partial charge in [-0.25, -0.2) is 0 Å². The zero-order valence-corrected chi connectivity index (χ0v) is 42.3. The van der Waals surface area contributed by atoms with Gasteiger partial charge in [0, 0.05) is 19.3 Å². The Kier molecular flexibility index (Phi) is 47.2. The first-order chi connectivity index (χ1) is 32.2. The Hall–Kier alpha value is -3.27. The van der Waals surface area contributed by atoms with Crippen LogP contribution in [0, 0.1) is 0 Å². The Morgan fingerprint density at radius 3 is 1.08 bits per heavy atom. The van der Waals surface area contributed by atoms with E-state index in [0.29, 0.717) is 12.8 Å². The minimum absolute atomic E-state index is 0.148. The second-order valence-electron chi connectivity index (χ2n) is 18.0. The molecule has 0 amide bonds. The number of unbranched alkanes of at least 4 members (excludes halogenated alkanes) is 21. The molecule has 66 heavy (non-hydrogen) atoms. The molecule has 0 aromatic rings. The summed E-state index contributed by atoms with van der Waals surface area (Å²) in [6, 6.07) is 0. The molecule has 0 aromatic carbocycles. The topological polar surface area (TPSA) is 140 Å². The highest BCUT2D eigenvalue weighted by molar-refractivity contribution is 5.71. The first kappa shape index (κ1) is 62.7. The summed E-state index contributed by atoms with van der Waals surface area (Å²) in [5, 5.41) is 30.2. The van der Waals surface area contributed by atoms with Gasteiger partial charge in [-0.1, -0.05) is 209 Å². The van der Waals surface area contributed by atoms with Crippen molar-refractivity contribution < 1.29 is 43.9 Å². The van der Waals surface area contributed by atoms with Gasteiger partial charge in [0.1, 0.15) is 13.2 Å². The van der Waals surface area contributed by atoms with Crippen LogP contribution in [0.5, 0.6) is 0 Å². The third-order valence-electron chi connectivity index (χ3n) is 11.5. The van der Waals surface area contributed by atoms with Crippen LogP contribution >= 0.6 is 0 Å². The van der Waals surface area contributed by atoms with E-state index in [9.17, 15) is 29.7 Å². The number of allylic oxidation sites excluding steroid dienone is 9. The fourth-order valence-corrected chi connectivity index (χ4v) is 7.26. The van der Waals surface area contributed by atoms with Crippen LogP contribution in [0.4, 0.5) is 0 Å². The molecular formula is C57H98O9. The summed E-state index contributed by atoms with van der Waals surface area (Å²) >= 11 is 0. The Balaban J connectivity index is 4.59. The number of aliphatic hydroxyl groups is 3. The van der Waals surface area contributed by atoms with Crippen LogP contribution in [0.2, 0.25) is 0 Å². The molecule has 380 valence electrons. The molecule has 0 saturated carbocycles. The second-order valence-corrected chi connectivity index (χ2v) is 18.0. The lowest BCUT2D eigenvalue weighted by molar-refractivity contribution is -0.167. The van der Waals surface area contributed by atoms with Gasteiger partial charge in [-0.15, -0.1) is 0 Å². The van der Waals surface area contributed by atoms with Crippen LogP contribution in [0.15, 0.2) is 72.9 Å². The summed E-state index contributed by atoms with van der Waals surface area (Å²) in [7, 11) is 0. The van der Waals surface area contributed by atoms with Gasteiger partial charge >= 0.3 is 17.9 Å². The minimum Gasteiger partial charge on any atom is -0.462 e. The van der Waals surface area contributed by atoms with E-state index >= 15 is 0 Å². The molecule has 0 spiro atoms. The highest BCUT2D eigenvalue weighted by atomic mass is 16.6. The zero-order valence-electron chi connectivity index (χ0n) is 42.3. The average Bonchev–Trinajstić information content (AvgIpc) is 3.30. The van der Waals surface area contributed by atoms with Crippen molar-refractivity contribution in [3.63, 3.8) is 0 Å². The van der Waals surface area contributed by atoms with Gasteiger partial charge in [0.05, 0.1) is 18.3 Å². The number of hydrogen-bond acceptors (Lipinski definition) is 9. The van der Waals surface area contributed by atoms with E-state index < -0.39 is 12.2 Å². The fraction of sp³-hybridized carbons (Fsp3) is 0.737. The monoisotopic (exact) mass is 927 g/mol. The van der Waals surface area contributed by atoms with Crippen LogP contribution < -0.4 is 0 Å². The van der Waals surface area contributed by atoms with E-state index in [-0.39, 0.29) is 62.6 Å². The molecule has 0 bridgehead atoms. The quantitative estimate of drug-likeness (QED) is 0.0235. The van der Waals surface area contributed by atoms with E-state index in [1.54, 1.807) is 0 Å². The van der Waals surface area contributed by atoms with Gasteiger partial charge in [-0.05, 0) is 77.0 Å². The van der Waals surface area contributed by atoms with Crippen molar-refractivity contribution >= 4 is 17.9 Å². The van der Waals surface area contributed by atoms with E-state index in [0.717, 1.165) is 161 Å². The molecule has 0 heterocycles. The number of esters is 3. The largest absolute Gasteiger partial charge is 0.462 e. The molecule has 4 atom stereocenters. The molecule has 0 fully saturated rings. The Bertz CT molecular complexity index is 1300. The van der Waals surface area contributed by atoms with Gasteiger partial charge in [0.2, 0.25) is 0 Å². The third kappa shape index (κ3) is 47.2. The highest BCUT2D eigenvalue weighted by Crippen LogP contribution is 2.14. The predicted molar refractivity (Wildman–Crippen MR) is 274 cm³/mol. The second kappa shape index (κ2) is 49.6. The van der Waals surface area contributed by atoms with Crippen molar-refractivity contribution in [1.82, 2.24) is 0 Å². The minimum atomic E-state index is -0.854. The number of aliphatic hydroxyl groups excluding tert-OH is 3. The van der Waals surface area contributed by atoms with Crippen LogP contribution in [-0.4, -0.2) is 70.9 Å². The van der Waals surface area contributed by atoms with Crippen molar-refractivity contribution in [2.24, 2.45) is 0 Å². The summed E-state index contributed by atoms with van der Waals surface area (Å²) in [6.45, 7) is 6.22.